The van der Waals surface area contributed by atoms with Crippen molar-refractivity contribution in [3.05, 3.63) is 95.1 Å². The van der Waals surface area contributed by atoms with Crippen molar-refractivity contribution in [2.45, 2.75) is 19.9 Å². The number of methoxy groups -OCH3 is 1. The third-order valence-electron chi connectivity index (χ3n) is 5.59. The number of ketones is 1. The highest BCUT2D eigenvalue weighted by Gasteiger charge is 2.47. The van der Waals surface area contributed by atoms with Crippen molar-refractivity contribution < 1.29 is 24.2 Å². The molecular formula is C27H25NO5. The van der Waals surface area contributed by atoms with Gasteiger partial charge in [-0.3, -0.25) is 14.5 Å². The number of benzene rings is 3. The predicted molar refractivity (Wildman–Crippen MR) is 127 cm³/mol. The molecule has 1 saturated heterocycles. The molecule has 3 aromatic carbocycles. The van der Waals surface area contributed by atoms with Crippen LogP contribution in [0.4, 0.5) is 5.69 Å². The Morgan fingerprint density at radius 2 is 1.64 bits per heavy atom. The average molecular weight is 443 g/mol. The summed E-state index contributed by atoms with van der Waals surface area (Å²) in [6.45, 7) is 4.34. The van der Waals surface area contributed by atoms with Crippen LogP contribution in [0.2, 0.25) is 0 Å². The van der Waals surface area contributed by atoms with Gasteiger partial charge >= 0.3 is 0 Å². The molecule has 1 N–H and O–H groups in total. The molecule has 1 aliphatic rings. The summed E-state index contributed by atoms with van der Waals surface area (Å²) in [4.78, 5) is 27.9. The molecule has 6 nitrogen and oxygen atoms in total. The highest BCUT2D eigenvalue weighted by Crippen LogP contribution is 2.42. The van der Waals surface area contributed by atoms with E-state index in [2.05, 4.69) is 0 Å². The number of aliphatic hydroxyl groups excluding tert-OH is 1. The molecule has 0 radical (unpaired) electrons. The van der Waals surface area contributed by atoms with Crippen LogP contribution in [0.1, 0.15) is 29.7 Å². The molecule has 1 heterocycles. The van der Waals surface area contributed by atoms with Gasteiger partial charge in [-0.25, -0.2) is 0 Å². The zero-order chi connectivity index (χ0) is 23.5. The maximum Gasteiger partial charge on any atom is 0.300 e. The SMILES string of the molecule is CCOc1ccc(C2/C(=C(\O)c3ccc(OC)cc3)C(=O)C(=O)N2c2cccc(C)c2)cc1. The molecule has 0 aliphatic carbocycles. The van der Waals surface area contributed by atoms with Gasteiger partial charge in [0.25, 0.3) is 11.7 Å². The van der Waals surface area contributed by atoms with Gasteiger partial charge in [0.2, 0.25) is 0 Å². The molecule has 0 bridgehead atoms. The first-order valence-corrected chi connectivity index (χ1v) is 10.7. The quantitative estimate of drug-likeness (QED) is 0.329. The predicted octanol–water partition coefficient (Wildman–Crippen LogP) is 5.03. The minimum Gasteiger partial charge on any atom is -0.507 e. The van der Waals surface area contributed by atoms with Crippen LogP contribution in [0.5, 0.6) is 11.5 Å². The van der Waals surface area contributed by atoms with E-state index in [1.54, 1.807) is 49.6 Å². The Balaban J connectivity index is 1.89. The number of carbonyl (C=O) groups is 2. The standard InChI is InChI=1S/C27H25NO5/c1-4-33-22-14-8-18(9-15-22)24-23(25(29)19-10-12-21(32-3)13-11-19)26(30)27(31)28(24)20-7-5-6-17(2)16-20/h5-16,24,29H,4H2,1-3H3/b25-23+. The van der Waals surface area contributed by atoms with E-state index < -0.39 is 17.7 Å². The van der Waals surface area contributed by atoms with Crippen LogP contribution in [0.15, 0.2) is 78.4 Å². The fraction of sp³-hybridized carbons (Fsp3) is 0.185. The molecule has 0 saturated carbocycles. The van der Waals surface area contributed by atoms with E-state index in [4.69, 9.17) is 9.47 Å². The van der Waals surface area contributed by atoms with Crippen molar-refractivity contribution in [3.63, 3.8) is 0 Å². The molecule has 3 aromatic rings. The zero-order valence-corrected chi connectivity index (χ0v) is 18.7. The maximum absolute atomic E-state index is 13.2. The lowest BCUT2D eigenvalue weighted by Gasteiger charge is -2.26. The van der Waals surface area contributed by atoms with E-state index in [0.29, 0.717) is 34.9 Å². The molecule has 0 spiro atoms. The van der Waals surface area contributed by atoms with Crippen molar-refractivity contribution in [1.82, 2.24) is 0 Å². The third-order valence-corrected chi connectivity index (χ3v) is 5.59. The number of amides is 1. The van der Waals surface area contributed by atoms with Crippen LogP contribution in [-0.2, 0) is 9.59 Å². The molecule has 1 fully saturated rings. The van der Waals surface area contributed by atoms with Gasteiger partial charge in [-0.2, -0.15) is 0 Å². The van der Waals surface area contributed by atoms with Gasteiger partial charge in [-0.05, 0) is 73.5 Å². The van der Waals surface area contributed by atoms with Crippen LogP contribution in [0.25, 0.3) is 5.76 Å². The molecular weight excluding hydrogens is 418 g/mol. The van der Waals surface area contributed by atoms with Crippen molar-refractivity contribution >= 4 is 23.1 Å². The van der Waals surface area contributed by atoms with E-state index in [9.17, 15) is 14.7 Å². The van der Waals surface area contributed by atoms with Crippen LogP contribution < -0.4 is 14.4 Å². The Morgan fingerprint density at radius 3 is 2.24 bits per heavy atom. The lowest BCUT2D eigenvalue weighted by molar-refractivity contribution is -0.132. The normalized spacial score (nSPS) is 17.3. The number of ether oxygens (including phenoxy) is 2. The van der Waals surface area contributed by atoms with Crippen molar-refractivity contribution in [2.75, 3.05) is 18.6 Å². The summed E-state index contributed by atoms with van der Waals surface area (Å²) in [5.74, 6) is -0.345. The number of anilines is 1. The summed E-state index contributed by atoms with van der Waals surface area (Å²) in [5, 5.41) is 11.2. The first-order chi connectivity index (χ1) is 15.9. The molecule has 168 valence electrons. The lowest BCUT2D eigenvalue weighted by atomic mass is 9.95. The number of rotatable bonds is 6. The minimum absolute atomic E-state index is 0.0378. The monoisotopic (exact) mass is 443 g/mol. The number of hydrogen-bond acceptors (Lipinski definition) is 5. The minimum atomic E-state index is -0.787. The second-order valence-electron chi connectivity index (χ2n) is 7.74. The van der Waals surface area contributed by atoms with Gasteiger partial charge in [0, 0.05) is 11.3 Å². The number of carbonyl (C=O) groups excluding carboxylic acids is 2. The second kappa shape index (κ2) is 9.20. The van der Waals surface area contributed by atoms with E-state index in [0.717, 1.165) is 5.56 Å². The van der Waals surface area contributed by atoms with E-state index in [1.807, 2.05) is 44.2 Å². The average Bonchev–Trinajstić information content (AvgIpc) is 3.10. The van der Waals surface area contributed by atoms with Gasteiger partial charge in [0.05, 0.1) is 25.3 Å². The fourth-order valence-corrected chi connectivity index (χ4v) is 4.01. The first-order valence-electron chi connectivity index (χ1n) is 10.7. The maximum atomic E-state index is 13.2. The Hall–Kier alpha value is -4.06. The molecule has 4 rings (SSSR count). The number of aryl methyl sites for hydroxylation is 1. The van der Waals surface area contributed by atoms with Gasteiger partial charge in [-0.1, -0.05) is 24.3 Å². The molecule has 1 atom stereocenters. The zero-order valence-electron chi connectivity index (χ0n) is 18.7. The van der Waals surface area contributed by atoms with Gasteiger partial charge in [-0.15, -0.1) is 0 Å². The Morgan fingerprint density at radius 1 is 0.970 bits per heavy atom. The van der Waals surface area contributed by atoms with E-state index in [1.165, 1.54) is 4.90 Å². The summed E-state index contributed by atoms with van der Waals surface area (Å²) in [6.07, 6.45) is 0. The lowest BCUT2D eigenvalue weighted by Crippen LogP contribution is -2.29. The van der Waals surface area contributed by atoms with Gasteiger partial charge < -0.3 is 14.6 Å². The molecule has 1 aliphatic heterocycles. The first kappa shape index (κ1) is 22.1. The van der Waals surface area contributed by atoms with Crippen LogP contribution in [0.3, 0.4) is 0 Å². The summed E-state index contributed by atoms with van der Waals surface area (Å²) in [5.41, 5.74) is 2.69. The largest absolute Gasteiger partial charge is 0.507 e. The van der Waals surface area contributed by atoms with Crippen molar-refractivity contribution in [2.24, 2.45) is 0 Å². The number of Topliss-reactive ketones (excluding diaryl/α,β-unsaturated/α-hetero) is 1. The summed E-state index contributed by atoms with van der Waals surface area (Å²) < 4.78 is 10.7. The molecule has 6 heteroatoms. The van der Waals surface area contributed by atoms with E-state index in [-0.39, 0.29) is 11.3 Å². The summed E-state index contributed by atoms with van der Waals surface area (Å²) in [7, 11) is 1.55. The highest BCUT2D eigenvalue weighted by atomic mass is 16.5. The number of hydrogen-bond donors (Lipinski definition) is 1. The smallest absolute Gasteiger partial charge is 0.300 e. The Kier molecular flexibility index (Phi) is 6.18. The summed E-state index contributed by atoms with van der Waals surface area (Å²) in [6, 6.07) is 20.5. The highest BCUT2D eigenvalue weighted by molar-refractivity contribution is 6.51. The number of nitrogens with zero attached hydrogens (tertiary/aromatic N) is 1. The molecule has 1 amide bonds. The van der Waals surface area contributed by atoms with Gasteiger partial charge in [0.15, 0.2) is 0 Å². The topological polar surface area (TPSA) is 76.1 Å². The Labute approximate surface area is 192 Å². The van der Waals surface area contributed by atoms with E-state index >= 15 is 0 Å². The van der Waals surface area contributed by atoms with Crippen LogP contribution in [-0.4, -0.2) is 30.5 Å². The van der Waals surface area contributed by atoms with Crippen LogP contribution >= 0.6 is 0 Å². The van der Waals surface area contributed by atoms with Crippen LogP contribution in [0, 0.1) is 6.92 Å². The number of aliphatic hydroxyl groups is 1. The molecule has 1 unspecified atom stereocenters. The van der Waals surface area contributed by atoms with Crippen molar-refractivity contribution in [3.8, 4) is 11.5 Å². The third kappa shape index (κ3) is 4.20. The Bertz CT molecular complexity index is 1210. The molecule has 33 heavy (non-hydrogen) atoms. The second-order valence-corrected chi connectivity index (χ2v) is 7.74. The summed E-state index contributed by atoms with van der Waals surface area (Å²) >= 11 is 0. The van der Waals surface area contributed by atoms with Gasteiger partial charge in [0.1, 0.15) is 17.3 Å². The molecule has 0 aromatic heterocycles. The van der Waals surface area contributed by atoms with Crippen molar-refractivity contribution in [1.29, 1.82) is 0 Å². The fourth-order valence-electron chi connectivity index (χ4n) is 4.01.